The van der Waals surface area contributed by atoms with Gasteiger partial charge in [0.1, 0.15) is 17.3 Å². The van der Waals surface area contributed by atoms with Crippen LogP contribution < -0.4 is 10.1 Å². The summed E-state index contributed by atoms with van der Waals surface area (Å²) in [6, 6.07) is 13.1. The van der Waals surface area contributed by atoms with Crippen LogP contribution in [0.4, 0.5) is 5.82 Å². The lowest BCUT2D eigenvalue weighted by Crippen LogP contribution is -2.17. The van der Waals surface area contributed by atoms with Crippen molar-refractivity contribution in [1.29, 1.82) is 0 Å². The highest BCUT2D eigenvalue weighted by molar-refractivity contribution is 5.83. The maximum atomic E-state index is 5.75. The molecule has 0 saturated heterocycles. The minimum Gasteiger partial charge on any atom is -0.457 e. The molecule has 1 N–H and O–H groups in total. The number of hydrogen-bond donors (Lipinski definition) is 1. The van der Waals surface area contributed by atoms with Gasteiger partial charge in [-0.2, -0.15) is 0 Å². The van der Waals surface area contributed by atoms with Gasteiger partial charge in [0.05, 0.1) is 0 Å². The van der Waals surface area contributed by atoms with Crippen molar-refractivity contribution < 1.29 is 6.16 Å². The van der Waals surface area contributed by atoms with Crippen LogP contribution in [0.5, 0.6) is 11.5 Å². The molecule has 2 rings (SSSR count). The zero-order chi connectivity index (χ0) is 15.8. The van der Waals surface area contributed by atoms with Crippen LogP contribution in [-0.2, 0) is 0 Å². The standard InChI is InChI=1S/C18H17N3O.H2/c1-4-8-14(2)20-15(3)21-18-13-17(11-12-19-18)22-16-9-6-5-7-10-16;/h1,5-13H,2-3H3,(H,19,20,21);1H/b14-8-;. The predicted molar refractivity (Wildman–Crippen MR) is 91.4 cm³/mol. The van der Waals surface area contributed by atoms with Gasteiger partial charge >= 0.3 is 0 Å². The number of rotatable bonds is 4. The van der Waals surface area contributed by atoms with Crippen molar-refractivity contribution in [3.05, 3.63) is 60.4 Å². The highest BCUT2D eigenvalue weighted by Crippen LogP contribution is 2.23. The third kappa shape index (κ3) is 4.80. The minimum absolute atomic E-state index is 0. The smallest absolute Gasteiger partial charge is 0.157 e. The lowest BCUT2D eigenvalue weighted by Gasteiger charge is -2.07. The first kappa shape index (κ1) is 15.3. The number of aliphatic imine (C=N–C) groups is 1. The quantitative estimate of drug-likeness (QED) is 0.519. The molecular formula is C18H19N3O. The van der Waals surface area contributed by atoms with Crippen molar-refractivity contribution >= 4 is 11.7 Å². The fourth-order valence-electron chi connectivity index (χ4n) is 1.80. The van der Waals surface area contributed by atoms with Crippen molar-refractivity contribution in [2.75, 3.05) is 0 Å². The summed E-state index contributed by atoms with van der Waals surface area (Å²) in [4.78, 5) is 8.60. The summed E-state index contributed by atoms with van der Waals surface area (Å²) in [7, 11) is 0. The molecule has 4 nitrogen and oxygen atoms in total. The monoisotopic (exact) mass is 293 g/mol. The van der Waals surface area contributed by atoms with Gasteiger partial charge in [-0.1, -0.05) is 24.1 Å². The fourth-order valence-corrected chi connectivity index (χ4v) is 1.80. The van der Waals surface area contributed by atoms with Gasteiger partial charge in [0.15, 0.2) is 5.82 Å². The van der Waals surface area contributed by atoms with Crippen LogP contribution in [0, 0.1) is 12.3 Å². The Morgan fingerprint density at radius 3 is 2.77 bits per heavy atom. The summed E-state index contributed by atoms with van der Waals surface area (Å²) in [5.41, 5.74) is 0.848. The minimum atomic E-state index is 0. The number of allylic oxidation sites excluding steroid dienone is 2. The SMILES string of the molecule is C#C/C=C(/C)NC(C)=Nc1cc(Oc2ccccc2)ccn1.[HH]. The highest BCUT2D eigenvalue weighted by atomic mass is 16.5. The van der Waals surface area contributed by atoms with Gasteiger partial charge in [-0.3, -0.25) is 0 Å². The Bertz CT molecular complexity index is 733. The molecule has 0 unspecified atom stereocenters. The third-order valence-electron chi connectivity index (χ3n) is 2.66. The topological polar surface area (TPSA) is 46.5 Å². The molecule has 0 atom stereocenters. The van der Waals surface area contributed by atoms with E-state index in [-0.39, 0.29) is 1.43 Å². The zero-order valence-electron chi connectivity index (χ0n) is 12.6. The van der Waals surface area contributed by atoms with E-state index >= 15 is 0 Å². The maximum absolute atomic E-state index is 5.75. The molecule has 0 radical (unpaired) electrons. The molecule has 0 spiro atoms. The molecule has 0 aliphatic carbocycles. The number of nitrogens with zero attached hydrogens (tertiary/aromatic N) is 2. The van der Waals surface area contributed by atoms with E-state index in [1.165, 1.54) is 0 Å². The average molecular weight is 293 g/mol. The van der Waals surface area contributed by atoms with Gasteiger partial charge in [-0.15, -0.1) is 6.42 Å². The number of para-hydroxylation sites is 1. The van der Waals surface area contributed by atoms with E-state index in [0.29, 0.717) is 17.4 Å². The van der Waals surface area contributed by atoms with E-state index in [2.05, 4.69) is 21.2 Å². The number of hydrogen-bond acceptors (Lipinski definition) is 3. The zero-order valence-corrected chi connectivity index (χ0v) is 12.6. The van der Waals surface area contributed by atoms with Crippen LogP contribution in [0.2, 0.25) is 0 Å². The number of aromatic nitrogens is 1. The van der Waals surface area contributed by atoms with Crippen molar-refractivity contribution in [3.8, 4) is 23.8 Å². The van der Waals surface area contributed by atoms with Crippen LogP contribution >= 0.6 is 0 Å². The van der Waals surface area contributed by atoms with Gasteiger partial charge in [0, 0.05) is 25.5 Å². The summed E-state index contributed by atoms with van der Waals surface area (Å²) < 4.78 is 5.75. The van der Waals surface area contributed by atoms with Gasteiger partial charge < -0.3 is 10.1 Å². The molecule has 1 aromatic heterocycles. The molecule has 4 heteroatoms. The van der Waals surface area contributed by atoms with Crippen LogP contribution in [-0.4, -0.2) is 10.8 Å². The maximum Gasteiger partial charge on any atom is 0.157 e. The van der Waals surface area contributed by atoms with Crippen LogP contribution in [0.25, 0.3) is 0 Å². The first-order chi connectivity index (χ1) is 10.7. The Hall–Kier alpha value is -3.06. The lowest BCUT2D eigenvalue weighted by atomic mass is 10.3. The molecule has 0 saturated carbocycles. The van der Waals surface area contributed by atoms with E-state index in [4.69, 9.17) is 11.2 Å². The Morgan fingerprint density at radius 1 is 1.27 bits per heavy atom. The molecule has 0 fully saturated rings. The number of amidine groups is 1. The van der Waals surface area contributed by atoms with Crippen LogP contribution in [0.15, 0.2) is 65.4 Å². The third-order valence-corrected chi connectivity index (χ3v) is 2.66. The molecule has 1 aromatic carbocycles. The molecule has 22 heavy (non-hydrogen) atoms. The largest absolute Gasteiger partial charge is 0.457 e. The van der Waals surface area contributed by atoms with E-state index in [1.807, 2.05) is 44.2 Å². The second-order valence-corrected chi connectivity index (χ2v) is 4.58. The summed E-state index contributed by atoms with van der Waals surface area (Å²) in [6.07, 6.45) is 8.52. The summed E-state index contributed by atoms with van der Waals surface area (Å²) in [5.74, 6) is 5.18. The summed E-state index contributed by atoms with van der Waals surface area (Å²) >= 11 is 0. The van der Waals surface area contributed by atoms with Crippen molar-refractivity contribution in [2.24, 2.45) is 4.99 Å². The Labute approximate surface area is 132 Å². The molecule has 0 amide bonds. The highest BCUT2D eigenvalue weighted by Gasteiger charge is 2.00. The van der Waals surface area contributed by atoms with E-state index in [0.717, 1.165) is 11.4 Å². The molecule has 112 valence electrons. The number of ether oxygens (including phenoxy) is 1. The number of pyridine rings is 1. The van der Waals surface area contributed by atoms with Gasteiger partial charge in [-0.05, 0) is 32.0 Å². The van der Waals surface area contributed by atoms with Crippen molar-refractivity contribution in [3.63, 3.8) is 0 Å². The van der Waals surface area contributed by atoms with Gasteiger partial charge in [-0.25, -0.2) is 9.98 Å². The molecule has 0 aliphatic rings. The van der Waals surface area contributed by atoms with Gasteiger partial charge in [0.2, 0.25) is 0 Å². The Kier molecular flexibility index (Phi) is 5.33. The first-order valence-electron chi connectivity index (χ1n) is 6.81. The van der Waals surface area contributed by atoms with E-state index < -0.39 is 0 Å². The number of terminal acetylenes is 1. The van der Waals surface area contributed by atoms with E-state index in [9.17, 15) is 0 Å². The predicted octanol–water partition coefficient (Wildman–Crippen LogP) is 4.30. The van der Waals surface area contributed by atoms with E-state index in [1.54, 1.807) is 24.4 Å². The van der Waals surface area contributed by atoms with Crippen molar-refractivity contribution in [2.45, 2.75) is 13.8 Å². The fraction of sp³-hybridized carbons (Fsp3) is 0.111. The first-order valence-corrected chi connectivity index (χ1v) is 6.81. The molecule has 2 aromatic rings. The normalized spacial score (nSPS) is 11.7. The summed E-state index contributed by atoms with van der Waals surface area (Å²) in [6.45, 7) is 3.72. The Balaban J connectivity index is 0.00000264. The Morgan fingerprint density at radius 2 is 2.05 bits per heavy atom. The second kappa shape index (κ2) is 7.65. The molecule has 0 aliphatic heterocycles. The number of benzene rings is 1. The van der Waals surface area contributed by atoms with Crippen LogP contribution in [0.1, 0.15) is 15.3 Å². The molecule has 1 heterocycles. The molecular weight excluding hydrogens is 274 g/mol. The average Bonchev–Trinajstić information content (AvgIpc) is 2.48. The lowest BCUT2D eigenvalue weighted by molar-refractivity contribution is 0.482. The second-order valence-electron chi connectivity index (χ2n) is 4.58. The van der Waals surface area contributed by atoms with Crippen LogP contribution in [0.3, 0.4) is 0 Å². The summed E-state index contributed by atoms with van der Waals surface area (Å²) in [5, 5.41) is 3.09. The van der Waals surface area contributed by atoms with Gasteiger partial charge in [0.25, 0.3) is 0 Å². The molecule has 0 bridgehead atoms. The van der Waals surface area contributed by atoms with Crippen molar-refractivity contribution in [1.82, 2.24) is 10.3 Å². The number of nitrogens with one attached hydrogen (secondary N) is 1.